The van der Waals surface area contributed by atoms with Crippen LogP contribution >= 0.6 is 0 Å². The van der Waals surface area contributed by atoms with Crippen molar-refractivity contribution in [2.75, 3.05) is 42.6 Å². The summed E-state index contributed by atoms with van der Waals surface area (Å²) < 4.78 is 12.4. The highest BCUT2D eigenvalue weighted by molar-refractivity contribution is 6.05. The molecular formula is C30H39N3O6. The van der Waals surface area contributed by atoms with Crippen LogP contribution in [0.1, 0.15) is 40.5 Å². The van der Waals surface area contributed by atoms with Crippen molar-refractivity contribution in [3.05, 3.63) is 48.6 Å². The number of aliphatic hydroxyl groups excluding tert-OH is 1. The predicted octanol–water partition coefficient (Wildman–Crippen LogP) is 2.68. The summed E-state index contributed by atoms with van der Waals surface area (Å²) in [6.45, 7) is 9.77. The highest BCUT2D eigenvalue weighted by atomic mass is 16.6. The Morgan fingerprint density at radius 2 is 1.74 bits per heavy atom. The number of esters is 1. The van der Waals surface area contributed by atoms with Gasteiger partial charge in [0.15, 0.2) is 0 Å². The molecule has 1 aromatic carbocycles. The standard InChI is InChI=1S/C30H39N3O6/c1-5-29-15-8-9-18-38-28(37)24(29)23-26(35)33(20(4)19-34)25-27(36)32(17-10-16-30(23,25)39-29)22-13-11-21(12-14-22)31(6-2)7-3/h8,10-16,20,23-25,34H,5-7,9,17-19H2,1-4H3/t20-,23+,24+,25?,29-,30+/m1/s1. The highest BCUT2D eigenvalue weighted by Crippen LogP contribution is 2.58. The number of aliphatic hydroxyl groups is 1. The first-order valence-corrected chi connectivity index (χ1v) is 14.1. The van der Waals surface area contributed by atoms with Crippen LogP contribution in [0.3, 0.4) is 0 Å². The Morgan fingerprint density at radius 3 is 2.38 bits per heavy atom. The van der Waals surface area contributed by atoms with Crippen molar-refractivity contribution in [2.45, 2.75) is 63.8 Å². The quantitative estimate of drug-likeness (QED) is 0.422. The van der Waals surface area contributed by atoms with E-state index in [2.05, 4.69) is 18.7 Å². The number of hydrogen-bond donors (Lipinski definition) is 1. The van der Waals surface area contributed by atoms with E-state index in [1.165, 1.54) is 4.90 Å². The molecule has 4 aliphatic rings. The largest absolute Gasteiger partial charge is 0.465 e. The third-order valence-electron chi connectivity index (χ3n) is 8.87. The Morgan fingerprint density at radius 1 is 1.03 bits per heavy atom. The smallest absolute Gasteiger partial charge is 0.313 e. The van der Waals surface area contributed by atoms with Crippen LogP contribution < -0.4 is 9.80 Å². The first-order chi connectivity index (χ1) is 18.8. The average Bonchev–Trinajstić information content (AvgIpc) is 3.30. The number of amides is 2. The molecule has 2 saturated heterocycles. The first kappa shape index (κ1) is 27.4. The zero-order valence-electron chi connectivity index (χ0n) is 23.2. The Balaban J connectivity index is 1.61. The second kappa shape index (κ2) is 10.4. The lowest BCUT2D eigenvalue weighted by Gasteiger charge is -2.40. The number of nitrogens with zero attached hydrogens (tertiary/aromatic N) is 3. The van der Waals surface area contributed by atoms with Gasteiger partial charge in [-0.05, 0) is 57.9 Å². The number of likely N-dealkylation sites (tertiary alicyclic amines) is 1. The van der Waals surface area contributed by atoms with Gasteiger partial charge in [-0.1, -0.05) is 31.2 Å². The number of fused-ring (bicyclic) bond motifs is 2. The van der Waals surface area contributed by atoms with Crippen LogP contribution in [-0.2, 0) is 23.9 Å². The van der Waals surface area contributed by atoms with Crippen molar-refractivity contribution in [1.82, 2.24) is 4.90 Å². The topological polar surface area (TPSA) is 99.6 Å². The summed E-state index contributed by atoms with van der Waals surface area (Å²) in [4.78, 5) is 47.4. The zero-order valence-corrected chi connectivity index (χ0v) is 23.2. The summed E-state index contributed by atoms with van der Waals surface area (Å²) in [5, 5.41) is 10.1. The molecule has 4 aliphatic heterocycles. The predicted molar refractivity (Wildman–Crippen MR) is 147 cm³/mol. The molecule has 2 fully saturated rings. The van der Waals surface area contributed by atoms with E-state index >= 15 is 0 Å². The van der Waals surface area contributed by atoms with Crippen molar-refractivity contribution in [3.8, 4) is 0 Å². The van der Waals surface area contributed by atoms with E-state index in [4.69, 9.17) is 9.47 Å². The van der Waals surface area contributed by atoms with E-state index in [1.807, 2.05) is 55.5 Å². The minimum Gasteiger partial charge on any atom is -0.465 e. The van der Waals surface area contributed by atoms with Gasteiger partial charge < -0.3 is 29.3 Å². The molecule has 6 atom stereocenters. The van der Waals surface area contributed by atoms with E-state index < -0.39 is 41.1 Å². The molecule has 9 nitrogen and oxygen atoms in total. The fourth-order valence-corrected chi connectivity index (χ4v) is 6.89. The molecule has 0 aromatic heterocycles. The van der Waals surface area contributed by atoms with Gasteiger partial charge in [0.2, 0.25) is 5.91 Å². The lowest BCUT2D eigenvalue weighted by Crippen LogP contribution is -2.58. The monoisotopic (exact) mass is 537 g/mol. The average molecular weight is 538 g/mol. The molecule has 0 aliphatic carbocycles. The number of anilines is 2. The fraction of sp³-hybridized carbons (Fsp3) is 0.567. The van der Waals surface area contributed by atoms with Crippen molar-refractivity contribution in [1.29, 1.82) is 0 Å². The summed E-state index contributed by atoms with van der Waals surface area (Å²) >= 11 is 0. The number of ether oxygens (including phenoxy) is 2. The van der Waals surface area contributed by atoms with Gasteiger partial charge in [0.05, 0.1) is 25.2 Å². The van der Waals surface area contributed by atoms with Crippen LogP contribution in [0.4, 0.5) is 11.4 Å². The molecule has 1 aromatic rings. The van der Waals surface area contributed by atoms with Gasteiger partial charge in [0.1, 0.15) is 23.2 Å². The maximum Gasteiger partial charge on any atom is 0.313 e. The van der Waals surface area contributed by atoms with Crippen LogP contribution in [0.5, 0.6) is 0 Å². The van der Waals surface area contributed by atoms with Crippen LogP contribution in [0.15, 0.2) is 48.6 Å². The number of hydrogen-bond acceptors (Lipinski definition) is 7. The molecule has 5 rings (SSSR count). The van der Waals surface area contributed by atoms with Crippen molar-refractivity contribution in [3.63, 3.8) is 0 Å². The Bertz CT molecular complexity index is 1180. The third-order valence-corrected chi connectivity index (χ3v) is 8.87. The summed E-state index contributed by atoms with van der Waals surface area (Å²) in [5.41, 5.74) is -0.675. The Labute approximate surface area is 230 Å². The van der Waals surface area contributed by atoms with Gasteiger partial charge in [-0.3, -0.25) is 14.4 Å². The minimum absolute atomic E-state index is 0.228. The molecule has 2 amide bonds. The van der Waals surface area contributed by atoms with Gasteiger partial charge in [0, 0.05) is 31.0 Å². The Hall–Kier alpha value is -3.17. The second-order valence-electron chi connectivity index (χ2n) is 10.8. The first-order valence-electron chi connectivity index (χ1n) is 14.1. The van der Waals surface area contributed by atoms with E-state index in [9.17, 15) is 19.5 Å². The summed E-state index contributed by atoms with van der Waals surface area (Å²) in [5.74, 6) is -3.00. The molecule has 4 heterocycles. The molecule has 0 saturated carbocycles. The minimum atomic E-state index is -1.37. The summed E-state index contributed by atoms with van der Waals surface area (Å²) in [6, 6.07) is 6.14. The molecule has 1 unspecified atom stereocenters. The van der Waals surface area contributed by atoms with Crippen LogP contribution in [0, 0.1) is 11.8 Å². The molecule has 210 valence electrons. The summed E-state index contributed by atoms with van der Waals surface area (Å²) in [6.07, 6.45) is 8.49. The van der Waals surface area contributed by atoms with Crippen LogP contribution in [-0.4, -0.2) is 83.9 Å². The molecular weight excluding hydrogens is 498 g/mol. The summed E-state index contributed by atoms with van der Waals surface area (Å²) in [7, 11) is 0. The lowest BCUT2D eigenvalue weighted by atomic mass is 9.73. The Kier molecular flexibility index (Phi) is 7.33. The second-order valence-corrected chi connectivity index (χ2v) is 10.8. The maximum atomic E-state index is 14.5. The number of carbonyl (C=O) groups is 3. The fourth-order valence-electron chi connectivity index (χ4n) is 6.89. The zero-order chi connectivity index (χ0) is 27.9. The maximum absolute atomic E-state index is 14.5. The van der Waals surface area contributed by atoms with Gasteiger partial charge in [0.25, 0.3) is 5.91 Å². The van der Waals surface area contributed by atoms with E-state index in [0.717, 1.165) is 18.8 Å². The van der Waals surface area contributed by atoms with Crippen molar-refractivity contribution >= 4 is 29.2 Å². The van der Waals surface area contributed by atoms with Crippen LogP contribution in [0.2, 0.25) is 0 Å². The normalized spacial score (nSPS) is 32.6. The number of cyclic esters (lactones) is 1. The molecule has 1 N–H and O–H groups in total. The van der Waals surface area contributed by atoms with E-state index in [0.29, 0.717) is 18.5 Å². The van der Waals surface area contributed by atoms with Gasteiger partial charge in [-0.25, -0.2) is 0 Å². The molecule has 9 heteroatoms. The SMILES string of the molecule is CCN(CC)c1ccc(N2CC=C[C@]34O[C@]5(CC)C=CCCOC(=O)[C@@H]5[C@H]3C(=O)N([C@H](C)CO)C4C2=O)cc1. The molecule has 0 bridgehead atoms. The van der Waals surface area contributed by atoms with Gasteiger partial charge >= 0.3 is 5.97 Å². The number of rotatable bonds is 7. The van der Waals surface area contributed by atoms with Gasteiger partial charge in [-0.2, -0.15) is 0 Å². The third kappa shape index (κ3) is 4.09. The number of benzene rings is 1. The van der Waals surface area contributed by atoms with Gasteiger partial charge in [-0.15, -0.1) is 0 Å². The van der Waals surface area contributed by atoms with Crippen molar-refractivity contribution < 1.29 is 29.0 Å². The molecule has 0 radical (unpaired) electrons. The van der Waals surface area contributed by atoms with E-state index in [1.54, 1.807) is 11.8 Å². The van der Waals surface area contributed by atoms with Crippen molar-refractivity contribution in [2.24, 2.45) is 11.8 Å². The highest BCUT2D eigenvalue weighted by Gasteiger charge is 2.75. The lowest BCUT2D eigenvalue weighted by molar-refractivity contribution is -0.161. The number of carbonyl (C=O) groups excluding carboxylic acids is 3. The molecule has 1 spiro atoms. The molecule has 39 heavy (non-hydrogen) atoms. The van der Waals surface area contributed by atoms with E-state index in [-0.39, 0.29) is 31.6 Å². The van der Waals surface area contributed by atoms with Crippen LogP contribution in [0.25, 0.3) is 0 Å².